The van der Waals surface area contributed by atoms with Gasteiger partial charge in [0.2, 0.25) is 0 Å². The van der Waals surface area contributed by atoms with Gasteiger partial charge < -0.3 is 4.74 Å². The molecule has 0 aliphatic heterocycles. The summed E-state index contributed by atoms with van der Waals surface area (Å²) in [5.41, 5.74) is 1.26. The first-order valence-electron chi connectivity index (χ1n) is 6.88. The number of benzene rings is 1. The molecular formula is C16H23O. The molecule has 0 unspecified atom stereocenters. The Hall–Kier alpha value is -0.820. The molecule has 1 heteroatoms. The molecule has 1 saturated carbocycles. The molecule has 1 nitrogen and oxygen atoms in total. The van der Waals surface area contributed by atoms with Crippen molar-refractivity contribution in [3.05, 3.63) is 42.3 Å². The lowest BCUT2D eigenvalue weighted by atomic mass is 9.86. The van der Waals surface area contributed by atoms with Gasteiger partial charge in [-0.3, -0.25) is 0 Å². The zero-order valence-corrected chi connectivity index (χ0v) is 10.6. The Morgan fingerprint density at radius 1 is 1.06 bits per heavy atom. The van der Waals surface area contributed by atoms with Crippen LogP contribution in [0.2, 0.25) is 0 Å². The normalized spacial score (nSPS) is 17.2. The molecule has 17 heavy (non-hydrogen) atoms. The molecule has 1 aliphatic rings. The second kappa shape index (κ2) is 7.50. The van der Waals surface area contributed by atoms with Crippen LogP contribution >= 0.6 is 0 Å². The minimum Gasteiger partial charge on any atom is -0.376 e. The highest BCUT2D eigenvalue weighted by Gasteiger charge is 2.12. The monoisotopic (exact) mass is 231 g/mol. The van der Waals surface area contributed by atoms with Crippen LogP contribution in [0.25, 0.3) is 0 Å². The maximum Gasteiger partial charge on any atom is 0.0717 e. The Labute approximate surface area is 105 Å². The lowest BCUT2D eigenvalue weighted by Gasteiger charge is -2.21. The van der Waals surface area contributed by atoms with Gasteiger partial charge in [-0.15, -0.1) is 0 Å². The van der Waals surface area contributed by atoms with Crippen molar-refractivity contribution >= 4 is 0 Å². The highest BCUT2D eigenvalue weighted by atomic mass is 16.5. The van der Waals surface area contributed by atoms with Gasteiger partial charge in [0.15, 0.2) is 0 Å². The predicted molar refractivity (Wildman–Crippen MR) is 71.6 cm³/mol. The number of hydrogen-bond donors (Lipinski definition) is 0. The minimum atomic E-state index is 0.738. The Balaban J connectivity index is 1.51. The van der Waals surface area contributed by atoms with Gasteiger partial charge in [-0.2, -0.15) is 0 Å². The highest BCUT2D eigenvalue weighted by Crippen LogP contribution is 2.26. The van der Waals surface area contributed by atoms with Gasteiger partial charge in [0, 0.05) is 0 Å². The van der Waals surface area contributed by atoms with Crippen LogP contribution in [0.4, 0.5) is 0 Å². The Morgan fingerprint density at radius 2 is 1.82 bits per heavy atom. The molecule has 0 heterocycles. The van der Waals surface area contributed by atoms with Crippen LogP contribution in [-0.4, -0.2) is 6.61 Å². The molecule has 0 spiro atoms. The first kappa shape index (κ1) is 12.6. The fourth-order valence-electron chi connectivity index (χ4n) is 2.56. The molecular weight excluding hydrogens is 208 g/mol. The Morgan fingerprint density at radius 3 is 2.59 bits per heavy atom. The molecule has 2 rings (SSSR count). The lowest BCUT2D eigenvalue weighted by Crippen LogP contribution is -2.08. The fourth-order valence-corrected chi connectivity index (χ4v) is 2.56. The molecule has 1 radical (unpaired) electrons. The molecule has 1 aromatic rings. The maximum atomic E-state index is 5.66. The topological polar surface area (TPSA) is 9.23 Å². The molecule has 0 saturated heterocycles. The molecule has 1 aliphatic carbocycles. The zero-order valence-electron chi connectivity index (χ0n) is 10.6. The van der Waals surface area contributed by atoms with Crippen molar-refractivity contribution in [1.82, 2.24) is 0 Å². The minimum absolute atomic E-state index is 0.738. The van der Waals surface area contributed by atoms with Crippen LogP contribution in [0.15, 0.2) is 30.3 Å². The first-order chi connectivity index (χ1) is 8.45. The summed E-state index contributed by atoms with van der Waals surface area (Å²) in [5.74, 6) is 0.934. The molecule has 1 fully saturated rings. The standard InChI is InChI=1S/C16H23O/c1-3-8-15(9-4-1)12-7-13-17-14-16-10-5-2-6-11-16/h2,5-7,10-11,15H,1,3-4,8-9,12-14H2. The van der Waals surface area contributed by atoms with E-state index in [2.05, 4.69) is 30.7 Å². The summed E-state index contributed by atoms with van der Waals surface area (Å²) in [5, 5.41) is 0. The molecule has 0 N–H and O–H groups in total. The maximum absolute atomic E-state index is 5.66. The van der Waals surface area contributed by atoms with Gasteiger partial charge in [0.05, 0.1) is 13.2 Å². The predicted octanol–water partition coefficient (Wildman–Crippen LogP) is 4.38. The van der Waals surface area contributed by atoms with E-state index in [1.165, 1.54) is 44.1 Å². The quantitative estimate of drug-likeness (QED) is 0.660. The molecule has 0 bridgehead atoms. The van der Waals surface area contributed by atoms with E-state index in [0.717, 1.165) is 19.1 Å². The van der Waals surface area contributed by atoms with Gasteiger partial charge in [-0.1, -0.05) is 62.4 Å². The SMILES string of the molecule is [CH](COCc1ccccc1)CC1CCCCC1. The van der Waals surface area contributed by atoms with Gasteiger partial charge in [-0.05, 0) is 24.3 Å². The van der Waals surface area contributed by atoms with Gasteiger partial charge in [-0.25, -0.2) is 0 Å². The van der Waals surface area contributed by atoms with E-state index in [-0.39, 0.29) is 0 Å². The summed E-state index contributed by atoms with van der Waals surface area (Å²) in [6, 6.07) is 10.4. The average Bonchev–Trinajstić information content (AvgIpc) is 2.41. The second-order valence-electron chi connectivity index (χ2n) is 5.03. The summed E-state index contributed by atoms with van der Waals surface area (Å²) in [7, 11) is 0. The van der Waals surface area contributed by atoms with E-state index in [4.69, 9.17) is 4.74 Å². The molecule has 0 aromatic heterocycles. The van der Waals surface area contributed by atoms with Crippen LogP contribution in [0.1, 0.15) is 44.1 Å². The van der Waals surface area contributed by atoms with Crippen molar-refractivity contribution < 1.29 is 4.74 Å². The van der Waals surface area contributed by atoms with Crippen molar-refractivity contribution in [2.24, 2.45) is 5.92 Å². The van der Waals surface area contributed by atoms with E-state index in [0.29, 0.717) is 0 Å². The summed E-state index contributed by atoms with van der Waals surface area (Å²) < 4.78 is 5.66. The molecule has 1 aromatic carbocycles. The van der Waals surface area contributed by atoms with E-state index >= 15 is 0 Å². The van der Waals surface area contributed by atoms with Gasteiger partial charge in [0.25, 0.3) is 0 Å². The van der Waals surface area contributed by atoms with E-state index < -0.39 is 0 Å². The smallest absolute Gasteiger partial charge is 0.0717 e. The van der Waals surface area contributed by atoms with Crippen molar-refractivity contribution in [2.75, 3.05) is 6.61 Å². The van der Waals surface area contributed by atoms with E-state index in [9.17, 15) is 0 Å². The van der Waals surface area contributed by atoms with Crippen LogP contribution < -0.4 is 0 Å². The summed E-state index contributed by atoms with van der Waals surface area (Å²) in [4.78, 5) is 0. The number of hydrogen-bond acceptors (Lipinski definition) is 1. The van der Waals surface area contributed by atoms with Crippen LogP contribution in [0, 0.1) is 12.3 Å². The van der Waals surface area contributed by atoms with Crippen molar-refractivity contribution in [1.29, 1.82) is 0 Å². The van der Waals surface area contributed by atoms with Gasteiger partial charge >= 0.3 is 0 Å². The average molecular weight is 231 g/mol. The summed E-state index contributed by atoms with van der Waals surface area (Å²) in [6.07, 6.45) is 10.7. The summed E-state index contributed by atoms with van der Waals surface area (Å²) in [6.45, 7) is 1.54. The lowest BCUT2D eigenvalue weighted by molar-refractivity contribution is 0.135. The number of ether oxygens (including phenoxy) is 1. The van der Waals surface area contributed by atoms with Crippen LogP contribution in [0.5, 0.6) is 0 Å². The zero-order chi connectivity index (χ0) is 11.8. The Bertz CT molecular complexity index is 288. The van der Waals surface area contributed by atoms with E-state index in [1.54, 1.807) is 0 Å². The third-order valence-corrected chi connectivity index (χ3v) is 3.57. The largest absolute Gasteiger partial charge is 0.376 e. The fraction of sp³-hybridized carbons (Fsp3) is 0.562. The van der Waals surface area contributed by atoms with Crippen molar-refractivity contribution in [3.8, 4) is 0 Å². The van der Waals surface area contributed by atoms with Crippen LogP contribution in [0.3, 0.4) is 0 Å². The number of rotatable bonds is 6. The third-order valence-electron chi connectivity index (χ3n) is 3.57. The van der Waals surface area contributed by atoms with Crippen molar-refractivity contribution in [2.45, 2.75) is 45.1 Å². The molecule has 0 atom stereocenters. The third kappa shape index (κ3) is 4.91. The van der Waals surface area contributed by atoms with Crippen molar-refractivity contribution in [3.63, 3.8) is 0 Å². The van der Waals surface area contributed by atoms with Crippen LogP contribution in [-0.2, 0) is 11.3 Å². The highest BCUT2D eigenvalue weighted by molar-refractivity contribution is 5.13. The Kier molecular flexibility index (Phi) is 5.57. The summed E-state index contributed by atoms with van der Waals surface area (Å²) >= 11 is 0. The van der Waals surface area contributed by atoms with E-state index in [1.807, 2.05) is 6.07 Å². The molecule has 93 valence electrons. The van der Waals surface area contributed by atoms with Gasteiger partial charge in [0.1, 0.15) is 0 Å². The molecule has 0 amide bonds. The second-order valence-corrected chi connectivity index (χ2v) is 5.03. The first-order valence-corrected chi connectivity index (χ1v) is 6.88.